The molecular formula is C26H30F3NO4. The first-order valence-corrected chi connectivity index (χ1v) is 11.5. The first-order valence-electron chi connectivity index (χ1n) is 11.5. The lowest BCUT2D eigenvalue weighted by molar-refractivity contribution is -0.140. The third kappa shape index (κ3) is 5.02. The second kappa shape index (κ2) is 9.49. The van der Waals surface area contributed by atoms with E-state index in [4.69, 9.17) is 9.47 Å². The van der Waals surface area contributed by atoms with Gasteiger partial charge in [0.15, 0.2) is 11.5 Å². The van der Waals surface area contributed by atoms with Crippen LogP contribution in [0.15, 0.2) is 24.3 Å². The molecule has 2 aliphatic heterocycles. The number of methoxy groups -OCH3 is 1. The summed E-state index contributed by atoms with van der Waals surface area (Å²) >= 11 is 0. The fraction of sp³-hybridized carbons (Fsp3) is 0.500. The number of benzene rings is 2. The summed E-state index contributed by atoms with van der Waals surface area (Å²) in [5.74, 6) is -0.806. The van der Waals surface area contributed by atoms with E-state index in [0.29, 0.717) is 42.3 Å². The summed E-state index contributed by atoms with van der Waals surface area (Å²) in [4.78, 5) is 13.3. The van der Waals surface area contributed by atoms with Crippen LogP contribution in [0.25, 0.3) is 0 Å². The number of nitrogens with zero attached hydrogens (tertiary/aromatic N) is 1. The van der Waals surface area contributed by atoms with Crippen molar-refractivity contribution >= 4 is 5.97 Å². The average molecular weight is 478 g/mol. The molecule has 0 aromatic heterocycles. The van der Waals surface area contributed by atoms with E-state index in [2.05, 4.69) is 4.74 Å². The Morgan fingerprint density at radius 1 is 1.12 bits per heavy atom. The molecular weight excluding hydrogens is 447 g/mol. The van der Waals surface area contributed by atoms with Gasteiger partial charge in [-0.05, 0) is 74.6 Å². The van der Waals surface area contributed by atoms with Crippen molar-refractivity contribution in [2.75, 3.05) is 26.9 Å². The SMILES string of the molecule is COC(=O)CCc1cc(F)c(C2c3cc4c(cc3CC(C)N2CC(C)(C)F)OCCO4)c(F)c1. The molecule has 0 N–H and O–H groups in total. The van der Waals surface area contributed by atoms with Crippen LogP contribution in [0.5, 0.6) is 11.5 Å². The number of aryl methyl sites for hydroxylation is 1. The van der Waals surface area contributed by atoms with Crippen molar-refractivity contribution in [3.63, 3.8) is 0 Å². The highest BCUT2D eigenvalue weighted by atomic mass is 19.1. The molecule has 2 aromatic rings. The van der Waals surface area contributed by atoms with Gasteiger partial charge in [-0.2, -0.15) is 0 Å². The summed E-state index contributed by atoms with van der Waals surface area (Å²) in [6.07, 6.45) is 0.751. The van der Waals surface area contributed by atoms with Crippen LogP contribution in [0.3, 0.4) is 0 Å². The van der Waals surface area contributed by atoms with Crippen LogP contribution in [0.1, 0.15) is 55.5 Å². The maximum atomic E-state index is 15.5. The molecule has 8 heteroatoms. The summed E-state index contributed by atoms with van der Waals surface area (Å²) in [6, 6.07) is 5.11. The number of hydrogen-bond donors (Lipinski definition) is 0. The molecule has 0 aliphatic carbocycles. The highest BCUT2D eigenvalue weighted by Gasteiger charge is 2.40. The second-order valence-electron chi connectivity index (χ2n) is 9.59. The zero-order valence-corrected chi connectivity index (χ0v) is 19.9. The van der Waals surface area contributed by atoms with Gasteiger partial charge >= 0.3 is 5.97 Å². The van der Waals surface area contributed by atoms with Gasteiger partial charge in [-0.1, -0.05) is 0 Å². The van der Waals surface area contributed by atoms with Gasteiger partial charge in [-0.15, -0.1) is 0 Å². The Balaban J connectivity index is 1.82. The molecule has 2 aromatic carbocycles. The molecule has 0 saturated carbocycles. The molecule has 2 atom stereocenters. The number of fused-ring (bicyclic) bond motifs is 2. The van der Waals surface area contributed by atoms with Crippen LogP contribution in [-0.4, -0.2) is 49.4 Å². The van der Waals surface area contributed by atoms with Gasteiger partial charge in [0, 0.05) is 24.6 Å². The quantitative estimate of drug-likeness (QED) is 0.553. The molecule has 0 radical (unpaired) electrons. The first kappa shape index (κ1) is 24.4. The van der Waals surface area contributed by atoms with Crippen molar-refractivity contribution in [1.82, 2.24) is 4.90 Å². The largest absolute Gasteiger partial charge is 0.486 e. The fourth-order valence-corrected chi connectivity index (χ4v) is 4.84. The maximum Gasteiger partial charge on any atom is 0.305 e. The predicted molar refractivity (Wildman–Crippen MR) is 121 cm³/mol. The van der Waals surface area contributed by atoms with Gasteiger partial charge in [0.25, 0.3) is 0 Å². The number of carbonyl (C=O) groups is 1. The number of esters is 1. The Kier molecular flexibility index (Phi) is 6.80. The Labute approximate surface area is 197 Å². The lowest BCUT2D eigenvalue weighted by Crippen LogP contribution is -2.48. The lowest BCUT2D eigenvalue weighted by atomic mass is 9.83. The zero-order valence-electron chi connectivity index (χ0n) is 19.9. The summed E-state index contributed by atoms with van der Waals surface area (Å²) in [7, 11) is 1.27. The fourth-order valence-electron chi connectivity index (χ4n) is 4.84. The number of halogens is 3. The lowest BCUT2D eigenvalue weighted by Gasteiger charge is -2.44. The summed E-state index contributed by atoms with van der Waals surface area (Å²) < 4.78 is 62.0. The van der Waals surface area contributed by atoms with Crippen LogP contribution >= 0.6 is 0 Å². The Hall–Kier alpha value is -2.74. The minimum absolute atomic E-state index is 0.00428. The van der Waals surface area contributed by atoms with Gasteiger partial charge in [0.05, 0.1) is 13.2 Å². The smallest absolute Gasteiger partial charge is 0.305 e. The summed E-state index contributed by atoms with van der Waals surface area (Å²) in [6.45, 7) is 5.65. The highest BCUT2D eigenvalue weighted by molar-refractivity contribution is 5.69. The first-order chi connectivity index (χ1) is 16.1. The third-order valence-electron chi connectivity index (χ3n) is 6.33. The van der Waals surface area contributed by atoms with Gasteiger partial charge in [-0.25, -0.2) is 13.2 Å². The predicted octanol–water partition coefficient (Wildman–Crippen LogP) is 4.93. The number of carbonyl (C=O) groups excluding carboxylic acids is 1. The van der Waals surface area contributed by atoms with Crippen molar-refractivity contribution in [2.45, 2.75) is 57.8 Å². The van der Waals surface area contributed by atoms with Crippen molar-refractivity contribution < 1.29 is 32.2 Å². The van der Waals surface area contributed by atoms with Gasteiger partial charge in [0.2, 0.25) is 0 Å². The Bertz CT molecular complexity index is 1060. The average Bonchev–Trinajstić information content (AvgIpc) is 2.77. The van der Waals surface area contributed by atoms with Crippen molar-refractivity contribution in [2.24, 2.45) is 0 Å². The van der Waals surface area contributed by atoms with E-state index in [1.54, 1.807) is 6.07 Å². The van der Waals surface area contributed by atoms with E-state index < -0.39 is 29.3 Å². The standard InChI is InChI=1S/C26H30F3NO4/c1-15-9-17-12-21-22(34-8-7-33-21)13-18(17)25(30(15)14-26(2,3)29)24-19(27)10-16(11-20(24)28)5-6-23(31)32-4/h10-13,15,25H,5-9,14H2,1-4H3. The van der Waals surface area contributed by atoms with Crippen LogP contribution < -0.4 is 9.47 Å². The molecule has 2 unspecified atom stereocenters. The maximum absolute atomic E-state index is 15.5. The molecule has 0 amide bonds. The van der Waals surface area contributed by atoms with Crippen molar-refractivity contribution in [1.29, 1.82) is 0 Å². The normalized spacial score (nSPS) is 20.1. The van der Waals surface area contributed by atoms with E-state index in [-0.39, 0.29) is 31.0 Å². The summed E-state index contributed by atoms with van der Waals surface area (Å²) in [5, 5.41) is 0. The molecule has 184 valence electrons. The molecule has 4 rings (SSSR count). The minimum Gasteiger partial charge on any atom is -0.486 e. The number of rotatable bonds is 6. The molecule has 0 fully saturated rings. The van der Waals surface area contributed by atoms with E-state index in [1.165, 1.54) is 33.1 Å². The van der Waals surface area contributed by atoms with Crippen LogP contribution in [0.4, 0.5) is 13.2 Å². The minimum atomic E-state index is -1.58. The second-order valence-corrected chi connectivity index (χ2v) is 9.59. The van der Waals surface area contributed by atoms with Crippen LogP contribution in [0.2, 0.25) is 0 Å². The molecule has 0 saturated heterocycles. The molecule has 5 nitrogen and oxygen atoms in total. The van der Waals surface area contributed by atoms with Crippen LogP contribution in [-0.2, 0) is 22.4 Å². The molecule has 34 heavy (non-hydrogen) atoms. The van der Waals surface area contributed by atoms with Gasteiger partial charge in [-0.3, -0.25) is 9.69 Å². The Morgan fingerprint density at radius 3 is 2.32 bits per heavy atom. The number of hydrogen-bond acceptors (Lipinski definition) is 5. The molecule has 0 spiro atoms. The molecule has 2 aliphatic rings. The topological polar surface area (TPSA) is 48.0 Å². The van der Waals surface area contributed by atoms with E-state index >= 15 is 8.78 Å². The molecule has 2 heterocycles. The van der Waals surface area contributed by atoms with Gasteiger partial charge < -0.3 is 14.2 Å². The monoisotopic (exact) mass is 477 g/mol. The molecule has 0 bridgehead atoms. The van der Waals surface area contributed by atoms with Crippen LogP contribution in [0, 0.1) is 11.6 Å². The third-order valence-corrected chi connectivity index (χ3v) is 6.33. The van der Waals surface area contributed by atoms with Crippen molar-refractivity contribution in [3.8, 4) is 11.5 Å². The van der Waals surface area contributed by atoms with E-state index in [1.807, 2.05) is 17.9 Å². The number of ether oxygens (including phenoxy) is 3. The Morgan fingerprint density at radius 2 is 1.74 bits per heavy atom. The highest BCUT2D eigenvalue weighted by Crippen LogP contribution is 2.45. The summed E-state index contributed by atoms with van der Waals surface area (Å²) in [5.41, 5.74) is 0.198. The number of alkyl halides is 1. The van der Waals surface area contributed by atoms with E-state index in [9.17, 15) is 9.18 Å². The zero-order chi connectivity index (χ0) is 24.6. The van der Waals surface area contributed by atoms with Crippen molar-refractivity contribution in [3.05, 3.63) is 58.2 Å². The van der Waals surface area contributed by atoms with E-state index in [0.717, 1.165) is 5.56 Å². The van der Waals surface area contributed by atoms with Gasteiger partial charge in [0.1, 0.15) is 30.5 Å².